The van der Waals surface area contributed by atoms with Gasteiger partial charge >= 0.3 is 5.97 Å². The van der Waals surface area contributed by atoms with E-state index in [1.807, 2.05) is 0 Å². The minimum Gasteiger partial charge on any atom is -0.472 e. The number of carbonyl (C=O) groups excluding carboxylic acids is 1. The molecule has 0 radical (unpaired) electrons. The Hall–Kier alpha value is -1.59. The highest BCUT2D eigenvalue weighted by molar-refractivity contribution is 5.78. The molecular formula is C11H14O5. The van der Waals surface area contributed by atoms with Crippen molar-refractivity contribution in [2.45, 2.75) is 6.92 Å². The van der Waals surface area contributed by atoms with Crippen molar-refractivity contribution >= 4 is 5.97 Å². The molecule has 2 N–H and O–H groups in total. The van der Waals surface area contributed by atoms with Gasteiger partial charge in [-0.05, 0) is 19.1 Å². The van der Waals surface area contributed by atoms with Gasteiger partial charge in [0.1, 0.15) is 11.2 Å². The number of allylic oxidation sites excluding steroid dienone is 3. The molecular weight excluding hydrogens is 212 g/mol. The molecule has 88 valence electrons. The number of hydrogen-bond donors (Lipinski definition) is 2. The van der Waals surface area contributed by atoms with Crippen molar-refractivity contribution in [3.05, 3.63) is 36.5 Å². The Morgan fingerprint density at radius 2 is 2.12 bits per heavy atom. The molecule has 0 unspecified atom stereocenters. The van der Waals surface area contributed by atoms with Crippen molar-refractivity contribution in [1.29, 1.82) is 0 Å². The minimum atomic E-state index is -1.30. The highest BCUT2D eigenvalue weighted by atomic mass is 16.5. The van der Waals surface area contributed by atoms with Crippen LogP contribution in [0.4, 0.5) is 0 Å². The van der Waals surface area contributed by atoms with Gasteiger partial charge in [0.15, 0.2) is 0 Å². The van der Waals surface area contributed by atoms with E-state index in [1.54, 1.807) is 6.08 Å². The fourth-order valence-corrected chi connectivity index (χ4v) is 0.864. The fourth-order valence-electron chi connectivity index (χ4n) is 0.864. The number of carbonyl (C=O) groups is 1. The molecule has 16 heavy (non-hydrogen) atoms. The zero-order valence-electron chi connectivity index (χ0n) is 8.92. The van der Waals surface area contributed by atoms with Crippen LogP contribution in [0.2, 0.25) is 0 Å². The van der Waals surface area contributed by atoms with Gasteiger partial charge in [0.05, 0.1) is 25.7 Å². The topological polar surface area (TPSA) is 76.0 Å². The third kappa shape index (κ3) is 2.95. The number of aliphatic hydroxyl groups excluding tert-OH is 2. The summed E-state index contributed by atoms with van der Waals surface area (Å²) in [7, 11) is 0. The summed E-state index contributed by atoms with van der Waals surface area (Å²) in [6.07, 6.45) is 7.36. The van der Waals surface area contributed by atoms with Crippen LogP contribution >= 0.6 is 0 Å². The Bertz CT molecular complexity index is 336. The second-order valence-corrected chi connectivity index (χ2v) is 3.60. The first-order valence-corrected chi connectivity index (χ1v) is 4.75. The third-order valence-corrected chi connectivity index (χ3v) is 2.13. The summed E-state index contributed by atoms with van der Waals surface area (Å²) in [4.78, 5) is 11.6. The van der Waals surface area contributed by atoms with E-state index in [4.69, 9.17) is 19.7 Å². The smallest absolute Gasteiger partial charge is 0.321 e. The summed E-state index contributed by atoms with van der Waals surface area (Å²) in [6, 6.07) is 0. The fraction of sp³-hybridized carbons (Fsp3) is 0.364. The van der Waals surface area contributed by atoms with Gasteiger partial charge in [-0.3, -0.25) is 4.79 Å². The highest BCUT2D eigenvalue weighted by Crippen LogP contribution is 2.19. The number of esters is 1. The van der Waals surface area contributed by atoms with Gasteiger partial charge in [0.25, 0.3) is 0 Å². The quantitative estimate of drug-likeness (QED) is 0.681. The molecule has 0 aliphatic carbocycles. The van der Waals surface area contributed by atoms with Crippen molar-refractivity contribution in [2.75, 3.05) is 13.2 Å². The van der Waals surface area contributed by atoms with Crippen LogP contribution in [0.5, 0.6) is 0 Å². The van der Waals surface area contributed by atoms with E-state index in [2.05, 4.69) is 0 Å². The standard InChI is InChI=1S/C11H14O5/c1-11(7-12,8-13)10(14)16-9-3-2-5-15-6-4-9/h2-6,12-13H,7-8H2,1H3. The molecule has 5 heteroatoms. The lowest BCUT2D eigenvalue weighted by Gasteiger charge is -2.21. The Morgan fingerprint density at radius 3 is 2.75 bits per heavy atom. The van der Waals surface area contributed by atoms with E-state index < -0.39 is 24.6 Å². The highest BCUT2D eigenvalue weighted by Gasteiger charge is 2.34. The zero-order chi connectivity index (χ0) is 12.0. The number of aliphatic hydroxyl groups is 2. The van der Waals surface area contributed by atoms with Crippen molar-refractivity contribution in [1.82, 2.24) is 0 Å². The lowest BCUT2D eigenvalue weighted by molar-refractivity contribution is -0.155. The Kier molecular flexibility index (Phi) is 4.28. The molecule has 1 aliphatic heterocycles. The maximum atomic E-state index is 11.6. The van der Waals surface area contributed by atoms with Gasteiger partial charge in [-0.1, -0.05) is 0 Å². The maximum Gasteiger partial charge on any atom is 0.321 e. The molecule has 0 fully saturated rings. The van der Waals surface area contributed by atoms with Crippen molar-refractivity contribution in [3.63, 3.8) is 0 Å². The first-order chi connectivity index (χ1) is 7.62. The first-order valence-electron chi connectivity index (χ1n) is 4.75. The van der Waals surface area contributed by atoms with Crippen LogP contribution in [0.1, 0.15) is 6.92 Å². The van der Waals surface area contributed by atoms with Gasteiger partial charge in [0, 0.05) is 6.08 Å². The van der Waals surface area contributed by atoms with Crippen LogP contribution in [0, 0.1) is 5.41 Å². The summed E-state index contributed by atoms with van der Waals surface area (Å²) in [5.74, 6) is -0.407. The van der Waals surface area contributed by atoms with E-state index in [0.717, 1.165) is 0 Å². The molecule has 0 aromatic rings. The molecule has 0 saturated heterocycles. The van der Waals surface area contributed by atoms with E-state index >= 15 is 0 Å². The van der Waals surface area contributed by atoms with Gasteiger partial charge in [0.2, 0.25) is 0 Å². The van der Waals surface area contributed by atoms with Crippen LogP contribution < -0.4 is 0 Å². The normalized spacial score (nSPS) is 15.1. The predicted molar refractivity (Wildman–Crippen MR) is 55.8 cm³/mol. The average Bonchev–Trinajstić information content (AvgIpc) is 2.56. The molecule has 0 spiro atoms. The second kappa shape index (κ2) is 5.48. The van der Waals surface area contributed by atoms with Gasteiger partial charge in [-0.15, -0.1) is 0 Å². The van der Waals surface area contributed by atoms with Gasteiger partial charge < -0.3 is 19.7 Å². The second-order valence-electron chi connectivity index (χ2n) is 3.60. The number of rotatable bonds is 4. The zero-order valence-corrected chi connectivity index (χ0v) is 8.92. The lowest BCUT2D eigenvalue weighted by Crippen LogP contribution is -2.36. The van der Waals surface area contributed by atoms with E-state index in [9.17, 15) is 4.79 Å². The van der Waals surface area contributed by atoms with Gasteiger partial charge in [-0.2, -0.15) is 0 Å². The molecule has 0 aromatic carbocycles. The third-order valence-electron chi connectivity index (χ3n) is 2.13. The molecule has 0 bridgehead atoms. The minimum absolute atomic E-state index is 0.284. The summed E-state index contributed by atoms with van der Waals surface area (Å²) >= 11 is 0. The molecule has 5 nitrogen and oxygen atoms in total. The SMILES string of the molecule is CC(CO)(CO)C(=O)OC1=CC=COC=C1. The summed E-state index contributed by atoms with van der Waals surface area (Å²) < 4.78 is 9.84. The van der Waals surface area contributed by atoms with Crippen LogP contribution in [0.25, 0.3) is 0 Å². The summed E-state index contributed by atoms with van der Waals surface area (Å²) in [5, 5.41) is 18.0. The van der Waals surface area contributed by atoms with Crippen LogP contribution in [-0.2, 0) is 14.3 Å². The molecule has 0 saturated carbocycles. The molecule has 1 aliphatic rings. The van der Waals surface area contributed by atoms with Crippen LogP contribution in [0.3, 0.4) is 0 Å². The molecule has 0 atom stereocenters. The Balaban J connectivity index is 2.70. The molecule has 0 aromatic heterocycles. The largest absolute Gasteiger partial charge is 0.472 e. The summed E-state index contributed by atoms with van der Waals surface area (Å²) in [5.41, 5.74) is -1.30. The summed E-state index contributed by atoms with van der Waals surface area (Å²) in [6.45, 7) is 0.458. The lowest BCUT2D eigenvalue weighted by atomic mass is 9.93. The van der Waals surface area contributed by atoms with Crippen LogP contribution in [-0.4, -0.2) is 29.4 Å². The Labute approximate surface area is 93.3 Å². The number of hydrogen-bond acceptors (Lipinski definition) is 5. The van der Waals surface area contributed by atoms with Gasteiger partial charge in [-0.25, -0.2) is 0 Å². The molecule has 1 heterocycles. The van der Waals surface area contributed by atoms with E-state index in [0.29, 0.717) is 0 Å². The molecule has 0 amide bonds. The Morgan fingerprint density at radius 1 is 1.44 bits per heavy atom. The van der Waals surface area contributed by atoms with Crippen molar-refractivity contribution in [2.24, 2.45) is 5.41 Å². The average molecular weight is 226 g/mol. The van der Waals surface area contributed by atoms with Crippen molar-refractivity contribution in [3.8, 4) is 0 Å². The first kappa shape index (κ1) is 12.5. The van der Waals surface area contributed by atoms with Crippen molar-refractivity contribution < 1.29 is 24.5 Å². The van der Waals surface area contributed by atoms with E-state index in [1.165, 1.54) is 31.6 Å². The number of ether oxygens (including phenoxy) is 2. The van der Waals surface area contributed by atoms with E-state index in [-0.39, 0.29) is 5.76 Å². The maximum absolute atomic E-state index is 11.6. The monoisotopic (exact) mass is 226 g/mol. The molecule has 1 rings (SSSR count). The van der Waals surface area contributed by atoms with Crippen LogP contribution in [0.15, 0.2) is 36.5 Å². The predicted octanol–water partition coefficient (Wildman–Crippen LogP) is 0.462.